The first-order valence-corrected chi connectivity index (χ1v) is 14.1. The lowest BCUT2D eigenvalue weighted by Gasteiger charge is -2.24. The molecule has 1 atom stereocenters. The summed E-state index contributed by atoms with van der Waals surface area (Å²) in [5.74, 6) is 0.0473. The third-order valence-corrected chi connectivity index (χ3v) is 8.96. The lowest BCUT2D eigenvalue weighted by Crippen LogP contribution is -2.45. The van der Waals surface area contributed by atoms with Gasteiger partial charge in [-0.05, 0) is 74.6 Å². The Balaban J connectivity index is 1.35. The molecule has 2 aliphatic rings. The fraction of sp³-hybridized carbons (Fsp3) is 0.357. The van der Waals surface area contributed by atoms with E-state index in [1.165, 1.54) is 22.0 Å². The lowest BCUT2D eigenvalue weighted by atomic mass is 10.1. The summed E-state index contributed by atoms with van der Waals surface area (Å²) in [5.41, 5.74) is 3.93. The molecule has 3 heterocycles. The second kappa shape index (κ2) is 10.6. The molecule has 194 valence electrons. The first-order valence-electron chi connectivity index (χ1n) is 12.7. The van der Waals surface area contributed by atoms with E-state index < -0.39 is 21.9 Å². The van der Waals surface area contributed by atoms with Crippen molar-refractivity contribution in [2.45, 2.75) is 50.1 Å². The van der Waals surface area contributed by atoms with Crippen molar-refractivity contribution in [3.05, 3.63) is 77.6 Å². The topological polar surface area (TPSA) is 82.6 Å². The van der Waals surface area contributed by atoms with Crippen LogP contribution in [0.1, 0.15) is 36.8 Å². The average Bonchev–Trinajstić information content (AvgIpc) is 3.61. The summed E-state index contributed by atoms with van der Waals surface area (Å²) in [5, 5.41) is 2.96. The molecule has 1 N–H and O–H groups in total. The average molecular weight is 523 g/mol. The van der Waals surface area contributed by atoms with Gasteiger partial charge in [0.05, 0.1) is 10.6 Å². The van der Waals surface area contributed by atoms with Gasteiger partial charge in [0.1, 0.15) is 17.7 Å². The van der Waals surface area contributed by atoms with Gasteiger partial charge in [-0.15, -0.1) is 0 Å². The molecular weight excluding hydrogens is 491 g/mol. The van der Waals surface area contributed by atoms with E-state index in [4.69, 9.17) is 4.98 Å². The zero-order valence-corrected chi connectivity index (χ0v) is 21.7. The number of nitrogens with zero attached hydrogens (tertiary/aromatic N) is 3. The Morgan fingerprint density at radius 2 is 1.70 bits per heavy atom. The number of nitrogens with one attached hydrogen (secondary N) is 1. The minimum absolute atomic E-state index is 0.0132. The zero-order chi connectivity index (χ0) is 26.0. The fourth-order valence-corrected chi connectivity index (χ4v) is 6.65. The largest absolute Gasteiger partial charge is 0.357 e. The van der Waals surface area contributed by atoms with Crippen LogP contribution in [0.4, 0.5) is 10.2 Å². The van der Waals surface area contributed by atoms with Crippen LogP contribution in [0, 0.1) is 12.7 Å². The van der Waals surface area contributed by atoms with Crippen LogP contribution in [0.2, 0.25) is 0 Å². The Labute approximate surface area is 217 Å². The molecule has 2 fully saturated rings. The van der Waals surface area contributed by atoms with E-state index in [2.05, 4.69) is 22.3 Å². The van der Waals surface area contributed by atoms with Gasteiger partial charge >= 0.3 is 0 Å². The molecule has 2 aromatic carbocycles. The van der Waals surface area contributed by atoms with Crippen LogP contribution in [0.15, 0.2) is 65.6 Å². The minimum Gasteiger partial charge on any atom is -0.357 e. The Morgan fingerprint density at radius 1 is 1.00 bits per heavy atom. The smallest absolute Gasteiger partial charge is 0.243 e. The van der Waals surface area contributed by atoms with Gasteiger partial charge in [-0.1, -0.05) is 29.8 Å². The number of rotatable bonds is 7. The molecule has 37 heavy (non-hydrogen) atoms. The second-order valence-electron chi connectivity index (χ2n) is 9.72. The molecule has 0 radical (unpaired) electrons. The quantitative estimate of drug-likeness (QED) is 0.501. The van der Waals surface area contributed by atoms with Crippen molar-refractivity contribution in [2.24, 2.45) is 0 Å². The predicted molar refractivity (Wildman–Crippen MR) is 141 cm³/mol. The molecule has 1 amide bonds. The van der Waals surface area contributed by atoms with E-state index in [-0.39, 0.29) is 23.9 Å². The maximum atomic E-state index is 13.3. The van der Waals surface area contributed by atoms with Gasteiger partial charge in [-0.2, -0.15) is 4.31 Å². The number of anilines is 1. The first kappa shape index (κ1) is 25.4. The summed E-state index contributed by atoms with van der Waals surface area (Å²) in [6, 6.07) is 16.1. The summed E-state index contributed by atoms with van der Waals surface area (Å²) in [6.45, 7) is 4.47. The Kier molecular flexibility index (Phi) is 7.26. The third kappa shape index (κ3) is 5.52. The van der Waals surface area contributed by atoms with E-state index in [9.17, 15) is 17.6 Å². The molecular formula is C28H31FN4O3S. The Bertz CT molecular complexity index is 1370. The number of carbonyl (C=O) groups excluding carboxylic acids is 1. The van der Waals surface area contributed by atoms with Crippen LogP contribution in [0.5, 0.6) is 0 Å². The first-order chi connectivity index (χ1) is 17.8. The van der Waals surface area contributed by atoms with Gasteiger partial charge in [0.15, 0.2) is 0 Å². The second-order valence-corrected chi connectivity index (χ2v) is 11.6. The molecule has 0 aliphatic carbocycles. The number of aromatic nitrogens is 1. The van der Waals surface area contributed by atoms with Crippen LogP contribution in [-0.4, -0.2) is 49.3 Å². The molecule has 7 nitrogen and oxygen atoms in total. The number of benzene rings is 2. The summed E-state index contributed by atoms with van der Waals surface area (Å²) < 4.78 is 40.9. The zero-order valence-electron chi connectivity index (χ0n) is 20.9. The SMILES string of the molecule is Cc1ccc(-c2cc(CNC(=O)[C@@H]3CCCN3S(=O)(=O)c3ccc(F)cc3)cc(N3CCCC3)n2)cc1. The molecule has 9 heteroatoms. The molecule has 1 aromatic heterocycles. The fourth-order valence-electron chi connectivity index (χ4n) is 4.99. The third-order valence-electron chi connectivity index (χ3n) is 7.04. The molecule has 0 unspecified atom stereocenters. The molecule has 2 aliphatic heterocycles. The van der Waals surface area contributed by atoms with Gasteiger partial charge in [-0.25, -0.2) is 17.8 Å². The van der Waals surface area contributed by atoms with E-state index in [1.54, 1.807) is 0 Å². The number of aryl methyl sites for hydroxylation is 1. The maximum Gasteiger partial charge on any atom is 0.243 e. The predicted octanol–water partition coefficient (Wildman–Crippen LogP) is 4.27. The lowest BCUT2D eigenvalue weighted by molar-refractivity contribution is -0.124. The highest BCUT2D eigenvalue weighted by Crippen LogP contribution is 2.28. The molecule has 2 saturated heterocycles. The summed E-state index contributed by atoms with van der Waals surface area (Å²) >= 11 is 0. The van der Waals surface area contributed by atoms with Crippen LogP contribution < -0.4 is 10.2 Å². The number of sulfonamides is 1. The monoisotopic (exact) mass is 522 g/mol. The minimum atomic E-state index is -3.91. The van der Waals surface area contributed by atoms with E-state index in [0.29, 0.717) is 12.8 Å². The number of hydrogen-bond acceptors (Lipinski definition) is 5. The van der Waals surface area contributed by atoms with E-state index in [0.717, 1.165) is 60.7 Å². The molecule has 0 spiro atoms. The summed E-state index contributed by atoms with van der Waals surface area (Å²) in [6.07, 6.45) is 3.28. The van der Waals surface area contributed by atoms with Crippen molar-refractivity contribution in [1.29, 1.82) is 0 Å². The Morgan fingerprint density at radius 3 is 2.41 bits per heavy atom. The Hall–Kier alpha value is -3.30. The molecule has 0 saturated carbocycles. The number of pyridine rings is 1. The normalized spacial score (nSPS) is 18.3. The molecule has 0 bridgehead atoms. The summed E-state index contributed by atoms with van der Waals surface area (Å²) in [7, 11) is -3.91. The number of amides is 1. The van der Waals surface area contributed by atoms with Gasteiger partial charge in [0.25, 0.3) is 0 Å². The van der Waals surface area contributed by atoms with Crippen LogP contribution in [0.3, 0.4) is 0 Å². The maximum absolute atomic E-state index is 13.3. The van der Waals surface area contributed by atoms with Crippen molar-refractivity contribution in [3.63, 3.8) is 0 Å². The van der Waals surface area contributed by atoms with Gasteiger partial charge < -0.3 is 10.2 Å². The van der Waals surface area contributed by atoms with Crippen LogP contribution in [-0.2, 0) is 21.4 Å². The van der Waals surface area contributed by atoms with Crippen molar-refractivity contribution in [1.82, 2.24) is 14.6 Å². The van der Waals surface area contributed by atoms with Crippen LogP contribution >= 0.6 is 0 Å². The summed E-state index contributed by atoms with van der Waals surface area (Å²) in [4.78, 5) is 20.3. The van der Waals surface area contributed by atoms with E-state index >= 15 is 0 Å². The number of halogens is 1. The van der Waals surface area contributed by atoms with Crippen molar-refractivity contribution < 1.29 is 17.6 Å². The molecule has 3 aromatic rings. The number of carbonyl (C=O) groups is 1. The number of hydrogen-bond donors (Lipinski definition) is 1. The van der Waals surface area contributed by atoms with Gasteiger partial charge in [0, 0.05) is 31.7 Å². The van der Waals surface area contributed by atoms with Crippen molar-refractivity contribution in [3.8, 4) is 11.3 Å². The van der Waals surface area contributed by atoms with Crippen molar-refractivity contribution in [2.75, 3.05) is 24.5 Å². The highest BCUT2D eigenvalue weighted by atomic mass is 32.2. The van der Waals surface area contributed by atoms with Gasteiger partial charge in [0.2, 0.25) is 15.9 Å². The highest BCUT2D eigenvalue weighted by Gasteiger charge is 2.39. The highest BCUT2D eigenvalue weighted by molar-refractivity contribution is 7.89. The van der Waals surface area contributed by atoms with Crippen LogP contribution in [0.25, 0.3) is 11.3 Å². The van der Waals surface area contributed by atoms with Gasteiger partial charge in [-0.3, -0.25) is 4.79 Å². The van der Waals surface area contributed by atoms with E-state index in [1.807, 2.05) is 31.2 Å². The standard InChI is InChI=1S/C28H31FN4O3S/c1-20-6-8-22(9-7-20)25-17-21(18-27(31-25)32-14-2-3-15-32)19-30-28(34)26-5-4-16-33(26)37(35,36)24-12-10-23(29)11-13-24/h6-13,17-18,26H,2-5,14-16,19H2,1H3,(H,30,34)/t26-/m0/s1. The van der Waals surface area contributed by atoms with Crippen molar-refractivity contribution >= 4 is 21.7 Å². The molecule has 5 rings (SSSR count).